The Balaban J connectivity index is 1.72. The van der Waals surface area contributed by atoms with Gasteiger partial charge in [-0.25, -0.2) is 4.98 Å². The summed E-state index contributed by atoms with van der Waals surface area (Å²) in [5.41, 5.74) is 5.08. The van der Waals surface area contributed by atoms with Gasteiger partial charge in [-0.15, -0.1) is 0 Å². The minimum absolute atomic E-state index is 0.560. The minimum atomic E-state index is 0.560. The van der Waals surface area contributed by atoms with Crippen LogP contribution in [0, 0.1) is 0 Å². The highest BCUT2D eigenvalue weighted by atomic mass is 16.5. The van der Waals surface area contributed by atoms with E-state index in [0.29, 0.717) is 23.8 Å². The molecule has 0 aliphatic carbocycles. The third-order valence-electron chi connectivity index (χ3n) is 5.99. The van der Waals surface area contributed by atoms with Crippen molar-refractivity contribution in [1.29, 1.82) is 0 Å². The standard InChI is InChI=1S/C29H26N2O3/c1-32-25-16-24(17-26(33-2)29(25)34-3)27-28(23-14-13-21-11-7-8-12-22(21)15-23)31(19-30-27)18-20-9-5-4-6-10-20/h4-17,19H,18H2,1-3H3. The predicted molar refractivity (Wildman–Crippen MR) is 136 cm³/mol. The molecule has 4 aromatic carbocycles. The highest BCUT2D eigenvalue weighted by molar-refractivity contribution is 5.90. The monoisotopic (exact) mass is 450 g/mol. The fraction of sp³-hybridized carbons (Fsp3) is 0.138. The van der Waals surface area contributed by atoms with E-state index in [1.165, 1.54) is 16.3 Å². The van der Waals surface area contributed by atoms with Crippen LogP contribution in [0.25, 0.3) is 33.3 Å². The van der Waals surface area contributed by atoms with Gasteiger partial charge in [-0.1, -0.05) is 66.7 Å². The van der Waals surface area contributed by atoms with Gasteiger partial charge in [-0.3, -0.25) is 0 Å². The molecule has 5 aromatic rings. The summed E-state index contributed by atoms with van der Waals surface area (Å²) in [6, 6.07) is 29.2. The zero-order valence-electron chi connectivity index (χ0n) is 19.5. The Morgan fingerprint density at radius 3 is 2.03 bits per heavy atom. The number of aromatic nitrogens is 2. The van der Waals surface area contributed by atoms with E-state index in [4.69, 9.17) is 19.2 Å². The summed E-state index contributed by atoms with van der Waals surface area (Å²) in [7, 11) is 4.85. The third-order valence-corrected chi connectivity index (χ3v) is 5.99. The molecule has 1 heterocycles. The minimum Gasteiger partial charge on any atom is -0.493 e. The number of fused-ring (bicyclic) bond motifs is 1. The van der Waals surface area contributed by atoms with Crippen LogP contribution in [0.5, 0.6) is 17.2 Å². The largest absolute Gasteiger partial charge is 0.493 e. The predicted octanol–water partition coefficient (Wildman–Crippen LogP) is 6.44. The Hall–Kier alpha value is -4.25. The highest BCUT2D eigenvalue weighted by Gasteiger charge is 2.20. The molecule has 0 radical (unpaired) electrons. The average Bonchev–Trinajstić information content (AvgIpc) is 3.31. The summed E-state index contributed by atoms with van der Waals surface area (Å²) < 4.78 is 18.9. The number of ether oxygens (including phenoxy) is 3. The van der Waals surface area contributed by atoms with Crippen molar-refractivity contribution in [3.05, 3.63) is 96.8 Å². The third kappa shape index (κ3) is 3.97. The first-order valence-electron chi connectivity index (χ1n) is 11.1. The summed E-state index contributed by atoms with van der Waals surface area (Å²) in [4.78, 5) is 4.86. The summed E-state index contributed by atoms with van der Waals surface area (Å²) in [6.45, 7) is 0.709. The Labute approximate surface area is 199 Å². The molecule has 0 bridgehead atoms. The van der Waals surface area contributed by atoms with Crippen LogP contribution < -0.4 is 14.2 Å². The van der Waals surface area contributed by atoms with Gasteiger partial charge in [0.1, 0.15) is 0 Å². The van der Waals surface area contributed by atoms with Crippen LogP contribution in [0.15, 0.2) is 91.3 Å². The van der Waals surface area contributed by atoms with Gasteiger partial charge in [-0.05, 0) is 34.5 Å². The zero-order valence-corrected chi connectivity index (χ0v) is 19.5. The Morgan fingerprint density at radius 1 is 0.676 bits per heavy atom. The number of nitrogens with zero attached hydrogens (tertiary/aromatic N) is 2. The fourth-order valence-electron chi connectivity index (χ4n) is 4.35. The number of hydrogen-bond acceptors (Lipinski definition) is 4. The first-order valence-corrected chi connectivity index (χ1v) is 11.1. The molecule has 1 aromatic heterocycles. The van der Waals surface area contributed by atoms with Gasteiger partial charge in [-0.2, -0.15) is 0 Å². The fourth-order valence-corrected chi connectivity index (χ4v) is 4.35. The van der Waals surface area contributed by atoms with E-state index in [-0.39, 0.29) is 0 Å². The Morgan fingerprint density at radius 2 is 1.35 bits per heavy atom. The van der Waals surface area contributed by atoms with Crippen molar-refractivity contribution in [3.63, 3.8) is 0 Å². The SMILES string of the molecule is COc1cc(-c2ncn(Cc3ccccc3)c2-c2ccc3ccccc3c2)cc(OC)c1OC. The zero-order chi connectivity index (χ0) is 23.5. The molecule has 0 aliphatic rings. The molecular weight excluding hydrogens is 424 g/mol. The Kier molecular flexibility index (Phi) is 5.91. The van der Waals surface area contributed by atoms with Gasteiger partial charge in [0.25, 0.3) is 0 Å². The topological polar surface area (TPSA) is 45.5 Å². The second kappa shape index (κ2) is 9.32. The van der Waals surface area contributed by atoms with E-state index in [1.54, 1.807) is 21.3 Å². The van der Waals surface area contributed by atoms with Crippen molar-refractivity contribution in [2.75, 3.05) is 21.3 Å². The molecule has 0 spiro atoms. The molecule has 5 rings (SSSR count). The molecule has 0 unspecified atom stereocenters. The van der Waals surface area contributed by atoms with Crippen LogP contribution in [0.1, 0.15) is 5.56 Å². The van der Waals surface area contributed by atoms with E-state index in [2.05, 4.69) is 71.3 Å². The smallest absolute Gasteiger partial charge is 0.203 e. The van der Waals surface area contributed by atoms with Gasteiger partial charge >= 0.3 is 0 Å². The molecule has 34 heavy (non-hydrogen) atoms. The summed E-state index contributed by atoms with van der Waals surface area (Å²) in [5, 5.41) is 2.39. The first kappa shape index (κ1) is 21.6. The summed E-state index contributed by atoms with van der Waals surface area (Å²) in [6.07, 6.45) is 1.90. The lowest BCUT2D eigenvalue weighted by atomic mass is 10.0. The average molecular weight is 451 g/mol. The normalized spacial score (nSPS) is 10.9. The molecule has 0 aliphatic heterocycles. The van der Waals surface area contributed by atoms with Crippen molar-refractivity contribution >= 4 is 10.8 Å². The summed E-state index contributed by atoms with van der Waals surface area (Å²) in [5.74, 6) is 1.75. The number of methoxy groups -OCH3 is 3. The highest BCUT2D eigenvalue weighted by Crippen LogP contribution is 2.43. The van der Waals surface area contributed by atoms with Crippen LogP contribution >= 0.6 is 0 Å². The maximum absolute atomic E-state index is 5.61. The summed E-state index contributed by atoms with van der Waals surface area (Å²) >= 11 is 0. The van der Waals surface area contributed by atoms with E-state index in [9.17, 15) is 0 Å². The van der Waals surface area contributed by atoms with E-state index < -0.39 is 0 Å². The van der Waals surface area contributed by atoms with Crippen molar-refractivity contribution < 1.29 is 14.2 Å². The van der Waals surface area contributed by atoms with E-state index >= 15 is 0 Å². The van der Waals surface area contributed by atoms with Gasteiger partial charge in [0.05, 0.1) is 39.0 Å². The molecule has 0 N–H and O–H groups in total. The van der Waals surface area contributed by atoms with Gasteiger partial charge in [0, 0.05) is 17.7 Å². The second-order valence-electron chi connectivity index (χ2n) is 8.03. The van der Waals surface area contributed by atoms with Crippen molar-refractivity contribution in [1.82, 2.24) is 9.55 Å². The molecule has 0 fully saturated rings. The molecular formula is C29H26N2O3. The number of rotatable bonds is 7. The quantitative estimate of drug-likeness (QED) is 0.286. The first-order chi connectivity index (χ1) is 16.7. The molecule has 0 saturated heterocycles. The molecule has 5 heteroatoms. The van der Waals surface area contributed by atoms with E-state index in [0.717, 1.165) is 22.5 Å². The van der Waals surface area contributed by atoms with Crippen molar-refractivity contribution in [2.45, 2.75) is 6.54 Å². The van der Waals surface area contributed by atoms with Gasteiger partial charge < -0.3 is 18.8 Å². The van der Waals surface area contributed by atoms with Crippen LogP contribution in [0.3, 0.4) is 0 Å². The number of benzene rings is 4. The molecule has 0 saturated carbocycles. The number of imidazole rings is 1. The maximum Gasteiger partial charge on any atom is 0.203 e. The lowest BCUT2D eigenvalue weighted by Crippen LogP contribution is -2.01. The van der Waals surface area contributed by atoms with Crippen molar-refractivity contribution in [3.8, 4) is 39.8 Å². The van der Waals surface area contributed by atoms with Gasteiger partial charge in [0.15, 0.2) is 11.5 Å². The second-order valence-corrected chi connectivity index (χ2v) is 8.03. The van der Waals surface area contributed by atoms with E-state index in [1.807, 2.05) is 24.5 Å². The lowest BCUT2D eigenvalue weighted by molar-refractivity contribution is 0.324. The molecule has 0 atom stereocenters. The molecule has 5 nitrogen and oxygen atoms in total. The molecule has 0 amide bonds. The lowest BCUT2D eigenvalue weighted by Gasteiger charge is -2.15. The van der Waals surface area contributed by atoms with Crippen molar-refractivity contribution in [2.24, 2.45) is 0 Å². The van der Waals surface area contributed by atoms with Crippen LogP contribution in [-0.2, 0) is 6.54 Å². The molecule has 170 valence electrons. The number of hydrogen-bond donors (Lipinski definition) is 0. The van der Waals surface area contributed by atoms with Gasteiger partial charge in [0.2, 0.25) is 5.75 Å². The Bertz CT molecular complexity index is 1420. The van der Waals surface area contributed by atoms with Crippen LogP contribution in [-0.4, -0.2) is 30.9 Å². The van der Waals surface area contributed by atoms with Crippen LogP contribution in [0.2, 0.25) is 0 Å². The van der Waals surface area contributed by atoms with Crippen LogP contribution in [0.4, 0.5) is 0 Å². The maximum atomic E-state index is 5.61.